The van der Waals surface area contributed by atoms with Crippen molar-refractivity contribution in [2.45, 2.75) is 65.8 Å². The van der Waals surface area contributed by atoms with E-state index >= 15 is 0 Å². The molecule has 1 heterocycles. The zero-order valence-corrected chi connectivity index (χ0v) is 15.9. The summed E-state index contributed by atoms with van der Waals surface area (Å²) in [5.41, 5.74) is 9.05. The fourth-order valence-corrected chi connectivity index (χ4v) is 2.15. The number of halogens is 1. The van der Waals surface area contributed by atoms with Crippen LogP contribution in [0.4, 0.5) is 0 Å². The van der Waals surface area contributed by atoms with E-state index in [2.05, 4.69) is 27.4 Å². The van der Waals surface area contributed by atoms with Crippen molar-refractivity contribution < 1.29 is 0 Å². The molecule has 6 heteroatoms. The molecule has 5 nitrogen and oxygen atoms in total. The number of H-pyrrole nitrogens is 1. The van der Waals surface area contributed by atoms with E-state index in [1.165, 1.54) is 32.1 Å². The summed E-state index contributed by atoms with van der Waals surface area (Å²) in [5.74, 6) is 0.526. The van der Waals surface area contributed by atoms with Gasteiger partial charge in [-0.25, -0.2) is 4.99 Å². The molecule has 0 saturated heterocycles. The molecule has 0 unspecified atom stereocenters. The molecule has 0 bridgehead atoms. The number of hydrogen-bond acceptors (Lipinski definition) is 2. The highest BCUT2D eigenvalue weighted by Crippen LogP contribution is 2.10. The third kappa shape index (κ3) is 8.28. The zero-order valence-electron chi connectivity index (χ0n) is 13.5. The summed E-state index contributed by atoms with van der Waals surface area (Å²) in [7, 11) is 0. The first-order valence-electron chi connectivity index (χ1n) is 7.69. The lowest BCUT2D eigenvalue weighted by Crippen LogP contribution is -2.32. The fourth-order valence-electron chi connectivity index (χ4n) is 2.15. The van der Waals surface area contributed by atoms with Crippen LogP contribution >= 0.6 is 24.0 Å². The molecular formula is C15H30IN5. The number of nitrogens with one attached hydrogen (secondary N) is 2. The van der Waals surface area contributed by atoms with Crippen molar-refractivity contribution in [1.29, 1.82) is 0 Å². The second-order valence-corrected chi connectivity index (χ2v) is 5.31. The first-order chi connectivity index (χ1) is 9.65. The standard InChI is InChI=1S/C15H29N5.HI/c1-4-5-6-7-8-9-10-17-15(16)18-11-14-12(2)19-20-13(14)3;/h4-11H2,1-3H3,(H,19,20)(H3,16,17,18);1H. The lowest BCUT2D eigenvalue weighted by Gasteiger charge is -2.05. The monoisotopic (exact) mass is 407 g/mol. The normalized spacial score (nSPS) is 11.3. The predicted octanol–water partition coefficient (Wildman–Crippen LogP) is 3.41. The molecule has 0 amide bonds. The Labute approximate surface area is 145 Å². The van der Waals surface area contributed by atoms with E-state index in [9.17, 15) is 0 Å². The smallest absolute Gasteiger partial charge is 0.188 e. The van der Waals surface area contributed by atoms with Crippen molar-refractivity contribution in [2.24, 2.45) is 10.7 Å². The van der Waals surface area contributed by atoms with Crippen molar-refractivity contribution in [3.8, 4) is 0 Å². The average molecular weight is 407 g/mol. The van der Waals surface area contributed by atoms with Crippen LogP contribution in [0.1, 0.15) is 62.4 Å². The SMILES string of the molecule is CCCCCCCCNC(N)=NCc1c(C)n[nH]c1C.I. The fraction of sp³-hybridized carbons (Fsp3) is 0.733. The van der Waals surface area contributed by atoms with Gasteiger partial charge in [0.1, 0.15) is 0 Å². The lowest BCUT2D eigenvalue weighted by atomic mass is 10.1. The number of nitrogens with zero attached hydrogens (tertiary/aromatic N) is 2. The van der Waals surface area contributed by atoms with Gasteiger partial charge in [0.2, 0.25) is 0 Å². The lowest BCUT2D eigenvalue weighted by molar-refractivity contribution is 0.601. The van der Waals surface area contributed by atoms with E-state index in [0.29, 0.717) is 12.5 Å². The number of aliphatic imine (C=N–C) groups is 1. The third-order valence-electron chi connectivity index (χ3n) is 3.52. The van der Waals surface area contributed by atoms with E-state index in [1.807, 2.05) is 13.8 Å². The topological polar surface area (TPSA) is 79.1 Å². The molecule has 21 heavy (non-hydrogen) atoms. The molecule has 0 spiro atoms. The minimum absolute atomic E-state index is 0. The molecule has 1 aromatic heterocycles. The molecule has 0 aliphatic rings. The molecular weight excluding hydrogens is 377 g/mol. The molecule has 0 aliphatic carbocycles. The van der Waals surface area contributed by atoms with E-state index in [4.69, 9.17) is 5.73 Å². The molecule has 4 N–H and O–H groups in total. The van der Waals surface area contributed by atoms with Crippen molar-refractivity contribution >= 4 is 29.9 Å². The summed E-state index contributed by atoms with van der Waals surface area (Å²) >= 11 is 0. The van der Waals surface area contributed by atoms with Crippen LogP contribution in [-0.2, 0) is 6.54 Å². The number of guanidine groups is 1. The molecule has 0 aliphatic heterocycles. The van der Waals surface area contributed by atoms with Gasteiger partial charge in [-0.3, -0.25) is 5.10 Å². The molecule has 1 aromatic rings. The number of nitrogens with two attached hydrogens (primary N) is 1. The molecule has 0 fully saturated rings. The second kappa shape index (κ2) is 11.8. The van der Waals surface area contributed by atoms with Crippen LogP contribution in [0.15, 0.2) is 4.99 Å². The van der Waals surface area contributed by atoms with Gasteiger partial charge in [0.05, 0.1) is 12.2 Å². The van der Waals surface area contributed by atoms with Gasteiger partial charge in [-0.05, 0) is 20.3 Å². The van der Waals surface area contributed by atoms with Crippen LogP contribution < -0.4 is 11.1 Å². The Morgan fingerprint density at radius 2 is 1.86 bits per heavy atom. The first-order valence-corrected chi connectivity index (χ1v) is 7.69. The number of aromatic amines is 1. The summed E-state index contributed by atoms with van der Waals surface area (Å²) in [6.45, 7) is 7.72. The van der Waals surface area contributed by atoms with Gasteiger partial charge in [0.15, 0.2) is 5.96 Å². The highest BCUT2D eigenvalue weighted by atomic mass is 127. The maximum Gasteiger partial charge on any atom is 0.188 e. The maximum atomic E-state index is 5.86. The molecule has 122 valence electrons. The number of hydrogen-bond donors (Lipinski definition) is 3. The Hall–Kier alpha value is -0.790. The average Bonchev–Trinajstić information content (AvgIpc) is 2.75. The van der Waals surface area contributed by atoms with Gasteiger partial charge in [0.25, 0.3) is 0 Å². The van der Waals surface area contributed by atoms with Crippen LogP contribution in [0.3, 0.4) is 0 Å². The van der Waals surface area contributed by atoms with Gasteiger partial charge in [-0.2, -0.15) is 5.10 Å². The van der Waals surface area contributed by atoms with E-state index in [1.54, 1.807) is 0 Å². The Morgan fingerprint density at radius 1 is 1.19 bits per heavy atom. The van der Waals surface area contributed by atoms with Crippen molar-refractivity contribution in [1.82, 2.24) is 15.5 Å². The quantitative estimate of drug-likeness (QED) is 0.254. The van der Waals surface area contributed by atoms with Gasteiger partial charge in [-0.1, -0.05) is 39.0 Å². The number of aromatic nitrogens is 2. The van der Waals surface area contributed by atoms with Crippen LogP contribution in [-0.4, -0.2) is 22.7 Å². The minimum Gasteiger partial charge on any atom is -0.370 e. The second-order valence-electron chi connectivity index (χ2n) is 5.31. The largest absolute Gasteiger partial charge is 0.370 e. The maximum absolute atomic E-state index is 5.86. The molecule has 0 aromatic carbocycles. The molecule has 0 saturated carbocycles. The van der Waals surface area contributed by atoms with E-state index < -0.39 is 0 Å². The van der Waals surface area contributed by atoms with Crippen molar-refractivity contribution in [2.75, 3.05) is 6.54 Å². The number of unbranched alkanes of at least 4 members (excludes halogenated alkanes) is 5. The highest BCUT2D eigenvalue weighted by molar-refractivity contribution is 14.0. The van der Waals surface area contributed by atoms with Gasteiger partial charge in [-0.15, -0.1) is 24.0 Å². The number of aryl methyl sites for hydroxylation is 2. The summed E-state index contributed by atoms with van der Waals surface area (Å²) in [6, 6.07) is 0. The van der Waals surface area contributed by atoms with Crippen LogP contribution in [0, 0.1) is 13.8 Å². The van der Waals surface area contributed by atoms with E-state index in [0.717, 1.165) is 29.9 Å². The van der Waals surface area contributed by atoms with Gasteiger partial charge in [0, 0.05) is 17.8 Å². The van der Waals surface area contributed by atoms with Crippen LogP contribution in [0.25, 0.3) is 0 Å². The highest BCUT2D eigenvalue weighted by Gasteiger charge is 2.04. The predicted molar refractivity (Wildman–Crippen MR) is 100 cm³/mol. The van der Waals surface area contributed by atoms with Crippen LogP contribution in [0.5, 0.6) is 0 Å². The summed E-state index contributed by atoms with van der Waals surface area (Å²) in [6.07, 6.45) is 7.73. The van der Waals surface area contributed by atoms with Crippen LogP contribution in [0.2, 0.25) is 0 Å². The van der Waals surface area contributed by atoms with Gasteiger partial charge >= 0.3 is 0 Å². The Kier molecular flexibility index (Phi) is 11.4. The zero-order chi connectivity index (χ0) is 14.8. The summed E-state index contributed by atoms with van der Waals surface area (Å²) in [5, 5.41) is 10.3. The first kappa shape index (κ1) is 20.2. The Bertz CT molecular complexity index is 395. The third-order valence-corrected chi connectivity index (χ3v) is 3.52. The molecule has 0 atom stereocenters. The van der Waals surface area contributed by atoms with E-state index in [-0.39, 0.29) is 24.0 Å². The van der Waals surface area contributed by atoms with Gasteiger partial charge < -0.3 is 11.1 Å². The van der Waals surface area contributed by atoms with Crippen molar-refractivity contribution in [3.63, 3.8) is 0 Å². The summed E-state index contributed by atoms with van der Waals surface area (Å²) < 4.78 is 0. The number of rotatable bonds is 9. The molecule has 0 radical (unpaired) electrons. The summed E-state index contributed by atoms with van der Waals surface area (Å²) in [4.78, 5) is 4.36. The minimum atomic E-state index is 0. The molecule has 1 rings (SSSR count). The Morgan fingerprint density at radius 3 is 2.48 bits per heavy atom. The van der Waals surface area contributed by atoms with Crippen molar-refractivity contribution in [3.05, 3.63) is 17.0 Å². The Balaban J connectivity index is 0.00000400.